The molecule has 0 spiro atoms. The molecular formula is C14H29NO6. The maximum atomic E-state index is 10.4. The first-order valence-electron chi connectivity index (χ1n) is 7.44. The van der Waals surface area contributed by atoms with Crippen LogP contribution < -0.4 is 0 Å². The van der Waals surface area contributed by atoms with Gasteiger partial charge in [-0.1, -0.05) is 6.42 Å². The van der Waals surface area contributed by atoms with E-state index in [-0.39, 0.29) is 44.7 Å². The number of carboxylic acid groups (broad SMARTS) is 1. The van der Waals surface area contributed by atoms with Crippen LogP contribution in [0, 0.1) is 11.8 Å². The van der Waals surface area contributed by atoms with E-state index in [9.17, 15) is 4.79 Å². The fourth-order valence-corrected chi connectivity index (χ4v) is 2.12. The molecule has 0 fully saturated rings. The monoisotopic (exact) mass is 307 g/mol. The highest BCUT2D eigenvalue weighted by atomic mass is 16.4. The van der Waals surface area contributed by atoms with Gasteiger partial charge >= 0.3 is 5.97 Å². The quantitative estimate of drug-likeness (QED) is 0.265. The molecule has 0 saturated heterocycles. The van der Waals surface area contributed by atoms with Crippen LogP contribution in [0.2, 0.25) is 0 Å². The number of aliphatic hydroxyl groups excluding tert-OH is 4. The highest BCUT2D eigenvalue weighted by Gasteiger charge is 2.17. The third-order valence-corrected chi connectivity index (χ3v) is 3.43. The number of aliphatic hydroxyl groups is 4. The molecule has 7 nitrogen and oxygen atoms in total. The summed E-state index contributed by atoms with van der Waals surface area (Å²) in [6.07, 6.45) is 2.37. The van der Waals surface area contributed by atoms with Crippen LogP contribution in [0.5, 0.6) is 0 Å². The van der Waals surface area contributed by atoms with Crippen molar-refractivity contribution < 1.29 is 30.3 Å². The lowest BCUT2D eigenvalue weighted by Gasteiger charge is -2.28. The highest BCUT2D eigenvalue weighted by Crippen LogP contribution is 2.08. The Morgan fingerprint density at radius 3 is 1.67 bits per heavy atom. The Kier molecular flexibility index (Phi) is 12.5. The number of hydrogen-bond donors (Lipinski definition) is 5. The number of nitrogens with zero attached hydrogens (tertiary/aromatic N) is 1. The van der Waals surface area contributed by atoms with Crippen LogP contribution in [0.3, 0.4) is 0 Å². The number of aliphatic carboxylic acids is 1. The molecule has 0 aromatic carbocycles. The van der Waals surface area contributed by atoms with Gasteiger partial charge in [-0.25, -0.2) is 0 Å². The molecule has 0 aromatic rings. The summed E-state index contributed by atoms with van der Waals surface area (Å²) in [5.74, 6) is -1.29. The van der Waals surface area contributed by atoms with E-state index in [0.29, 0.717) is 26.1 Å². The van der Waals surface area contributed by atoms with E-state index in [1.807, 2.05) is 4.90 Å². The van der Waals surface area contributed by atoms with Crippen molar-refractivity contribution in [3.05, 3.63) is 0 Å². The first-order chi connectivity index (χ1) is 10.1. The minimum Gasteiger partial charge on any atom is -0.481 e. The van der Waals surface area contributed by atoms with Crippen LogP contribution >= 0.6 is 0 Å². The molecular weight excluding hydrogens is 278 g/mol. The molecule has 0 radical (unpaired) electrons. The van der Waals surface area contributed by atoms with Gasteiger partial charge in [0.15, 0.2) is 0 Å². The molecule has 0 rings (SSSR count). The van der Waals surface area contributed by atoms with Gasteiger partial charge in [0.05, 0.1) is 0 Å². The van der Waals surface area contributed by atoms with Gasteiger partial charge in [-0.05, 0) is 19.4 Å². The standard InChI is InChI=1S/C14H29NO6/c16-8-12(9-17)6-15(7-13(10-18)11-19)5-3-1-2-4-14(20)21/h12-13,16-19H,1-11H2,(H,20,21). The zero-order valence-corrected chi connectivity index (χ0v) is 12.5. The van der Waals surface area contributed by atoms with E-state index < -0.39 is 5.97 Å². The molecule has 5 N–H and O–H groups in total. The largest absolute Gasteiger partial charge is 0.481 e. The lowest BCUT2D eigenvalue weighted by Crippen LogP contribution is -2.38. The summed E-state index contributed by atoms with van der Waals surface area (Å²) in [6.45, 7) is 1.20. The van der Waals surface area contributed by atoms with Gasteiger partial charge in [0.1, 0.15) is 0 Å². The summed E-state index contributed by atoms with van der Waals surface area (Å²) in [6, 6.07) is 0. The molecule has 0 saturated carbocycles. The van der Waals surface area contributed by atoms with Crippen molar-refractivity contribution in [2.45, 2.75) is 25.7 Å². The minimum absolute atomic E-state index is 0.116. The zero-order valence-electron chi connectivity index (χ0n) is 12.5. The van der Waals surface area contributed by atoms with Crippen molar-refractivity contribution in [3.8, 4) is 0 Å². The van der Waals surface area contributed by atoms with Crippen LogP contribution in [-0.2, 0) is 4.79 Å². The zero-order chi connectivity index (χ0) is 16.1. The molecule has 0 amide bonds. The molecule has 0 aliphatic carbocycles. The second kappa shape index (κ2) is 13.0. The molecule has 0 heterocycles. The second-order valence-corrected chi connectivity index (χ2v) is 5.43. The summed E-state index contributed by atoms with van der Waals surface area (Å²) >= 11 is 0. The Morgan fingerprint density at radius 2 is 1.29 bits per heavy atom. The van der Waals surface area contributed by atoms with Gasteiger partial charge in [0.25, 0.3) is 0 Å². The molecule has 0 bridgehead atoms. The average molecular weight is 307 g/mol. The number of hydrogen-bond acceptors (Lipinski definition) is 6. The topological polar surface area (TPSA) is 121 Å². The predicted molar refractivity (Wildman–Crippen MR) is 77.9 cm³/mol. The molecule has 0 aliphatic rings. The molecule has 126 valence electrons. The van der Waals surface area contributed by atoms with Gasteiger partial charge in [0, 0.05) is 57.8 Å². The van der Waals surface area contributed by atoms with E-state index in [4.69, 9.17) is 25.5 Å². The SMILES string of the molecule is O=C(O)CCCCCN(CC(CO)CO)CC(CO)CO. The third kappa shape index (κ3) is 10.6. The first-order valence-corrected chi connectivity index (χ1v) is 7.44. The number of carbonyl (C=O) groups is 1. The van der Waals surface area contributed by atoms with Gasteiger partial charge in [-0.15, -0.1) is 0 Å². The van der Waals surface area contributed by atoms with Gasteiger partial charge < -0.3 is 30.4 Å². The van der Waals surface area contributed by atoms with Gasteiger partial charge in [-0.2, -0.15) is 0 Å². The van der Waals surface area contributed by atoms with Gasteiger partial charge in [-0.3, -0.25) is 4.79 Å². The van der Waals surface area contributed by atoms with Crippen LogP contribution in [0.4, 0.5) is 0 Å². The lowest BCUT2D eigenvalue weighted by molar-refractivity contribution is -0.137. The molecule has 0 atom stereocenters. The summed E-state index contributed by atoms with van der Waals surface area (Å²) in [4.78, 5) is 12.4. The van der Waals surface area contributed by atoms with E-state index in [2.05, 4.69) is 0 Å². The molecule has 0 aromatic heterocycles. The minimum atomic E-state index is -0.798. The van der Waals surface area contributed by atoms with Crippen molar-refractivity contribution in [3.63, 3.8) is 0 Å². The Hall–Kier alpha value is -0.730. The van der Waals surface area contributed by atoms with Crippen LogP contribution in [0.1, 0.15) is 25.7 Å². The second-order valence-electron chi connectivity index (χ2n) is 5.43. The normalized spacial score (nSPS) is 11.8. The van der Waals surface area contributed by atoms with Crippen molar-refractivity contribution in [1.29, 1.82) is 0 Å². The Balaban J connectivity index is 4.19. The summed E-state index contributed by atoms with van der Waals surface area (Å²) in [7, 11) is 0. The van der Waals surface area contributed by atoms with E-state index in [0.717, 1.165) is 12.8 Å². The van der Waals surface area contributed by atoms with Gasteiger partial charge in [0.2, 0.25) is 0 Å². The van der Waals surface area contributed by atoms with Crippen molar-refractivity contribution in [2.24, 2.45) is 11.8 Å². The average Bonchev–Trinajstić information content (AvgIpc) is 2.48. The van der Waals surface area contributed by atoms with E-state index in [1.54, 1.807) is 0 Å². The Labute approximate surface area is 125 Å². The Bertz CT molecular complexity index is 242. The molecule has 7 heteroatoms. The first kappa shape index (κ1) is 20.3. The van der Waals surface area contributed by atoms with Crippen LogP contribution in [-0.4, -0.2) is 82.5 Å². The predicted octanol–water partition coefficient (Wildman–Crippen LogP) is -0.865. The Morgan fingerprint density at radius 1 is 0.810 bits per heavy atom. The van der Waals surface area contributed by atoms with E-state index >= 15 is 0 Å². The fraction of sp³-hybridized carbons (Fsp3) is 0.929. The highest BCUT2D eigenvalue weighted by molar-refractivity contribution is 5.66. The van der Waals surface area contributed by atoms with Crippen molar-refractivity contribution >= 4 is 5.97 Å². The molecule has 0 unspecified atom stereocenters. The van der Waals surface area contributed by atoms with Crippen molar-refractivity contribution in [1.82, 2.24) is 4.90 Å². The van der Waals surface area contributed by atoms with Crippen LogP contribution in [0.25, 0.3) is 0 Å². The summed E-state index contributed by atoms with van der Waals surface area (Å²) < 4.78 is 0. The lowest BCUT2D eigenvalue weighted by atomic mass is 10.1. The maximum absolute atomic E-state index is 10.4. The van der Waals surface area contributed by atoms with Crippen LogP contribution in [0.15, 0.2) is 0 Å². The van der Waals surface area contributed by atoms with E-state index in [1.165, 1.54) is 0 Å². The number of rotatable bonds is 14. The maximum Gasteiger partial charge on any atom is 0.303 e. The summed E-state index contributed by atoms with van der Waals surface area (Å²) in [5.41, 5.74) is 0. The molecule has 21 heavy (non-hydrogen) atoms. The fourth-order valence-electron chi connectivity index (χ4n) is 2.12. The summed E-state index contributed by atoms with van der Waals surface area (Å²) in [5, 5.41) is 45.1. The smallest absolute Gasteiger partial charge is 0.303 e. The van der Waals surface area contributed by atoms with Crippen molar-refractivity contribution in [2.75, 3.05) is 46.1 Å². The number of unbranched alkanes of at least 4 members (excludes halogenated alkanes) is 2. The third-order valence-electron chi connectivity index (χ3n) is 3.43. The molecule has 0 aliphatic heterocycles. The number of carboxylic acids is 1.